The van der Waals surface area contributed by atoms with Crippen LogP contribution in [0.4, 0.5) is 10.5 Å². The summed E-state index contributed by atoms with van der Waals surface area (Å²) < 4.78 is 15.9. The van der Waals surface area contributed by atoms with Crippen LogP contribution in [0.25, 0.3) is 0 Å². The highest BCUT2D eigenvalue weighted by molar-refractivity contribution is 7.09. The van der Waals surface area contributed by atoms with Crippen LogP contribution in [0.1, 0.15) is 46.4 Å². The molecule has 1 heterocycles. The number of anilines is 1. The number of rotatable bonds is 13. The van der Waals surface area contributed by atoms with E-state index in [-0.39, 0.29) is 18.5 Å². The first-order valence-electron chi connectivity index (χ1n) is 12.8. The Kier molecular flexibility index (Phi) is 11.1. The van der Waals surface area contributed by atoms with E-state index >= 15 is 0 Å². The van der Waals surface area contributed by atoms with E-state index in [0.717, 1.165) is 11.3 Å². The monoisotopic (exact) mass is 554 g/mol. The predicted molar refractivity (Wildman–Crippen MR) is 154 cm³/mol. The number of benzene rings is 2. The van der Waals surface area contributed by atoms with Crippen LogP contribution in [0.3, 0.4) is 0 Å². The maximum atomic E-state index is 13.0. The van der Waals surface area contributed by atoms with Gasteiger partial charge < -0.3 is 29.3 Å². The molecule has 0 aliphatic carbocycles. The van der Waals surface area contributed by atoms with Gasteiger partial charge in [0, 0.05) is 38.3 Å². The normalized spacial score (nSPS) is 10.8. The third-order valence-electron chi connectivity index (χ3n) is 6.31. The quantitative estimate of drug-likeness (QED) is 0.309. The predicted octanol–water partition coefficient (Wildman–Crippen LogP) is 5.28. The average Bonchev–Trinajstić information content (AvgIpc) is 3.42. The molecule has 1 N–H and O–H groups in total. The number of carbonyl (C=O) groups excluding carboxylic acids is 2. The summed E-state index contributed by atoms with van der Waals surface area (Å²) >= 11 is 1.36. The Balaban J connectivity index is 1.60. The summed E-state index contributed by atoms with van der Waals surface area (Å²) in [5.41, 5.74) is 3.32. The van der Waals surface area contributed by atoms with Crippen molar-refractivity contribution in [1.29, 1.82) is 0 Å². The van der Waals surface area contributed by atoms with Crippen molar-refractivity contribution in [1.82, 2.24) is 14.8 Å². The Morgan fingerprint density at radius 3 is 2.36 bits per heavy atom. The highest BCUT2D eigenvalue weighted by atomic mass is 32.1. The molecule has 2 aromatic carbocycles. The number of nitrogens with one attached hydrogen (secondary N) is 1. The molecule has 0 bridgehead atoms. The zero-order valence-corrected chi connectivity index (χ0v) is 24.3. The topological polar surface area (TPSA) is 93.2 Å². The number of urea groups is 1. The lowest BCUT2D eigenvalue weighted by Crippen LogP contribution is -2.37. The molecule has 210 valence electrons. The van der Waals surface area contributed by atoms with Crippen molar-refractivity contribution in [3.63, 3.8) is 0 Å². The van der Waals surface area contributed by atoms with E-state index in [1.165, 1.54) is 16.9 Å². The fourth-order valence-corrected chi connectivity index (χ4v) is 4.67. The van der Waals surface area contributed by atoms with E-state index in [2.05, 4.69) is 24.1 Å². The summed E-state index contributed by atoms with van der Waals surface area (Å²) in [6.45, 7) is 5.81. The number of nitrogens with zero attached hydrogens (tertiary/aromatic N) is 3. The number of hydrogen-bond donors (Lipinski definition) is 1. The lowest BCUT2D eigenvalue weighted by molar-refractivity contribution is 0.0791. The Bertz CT molecular complexity index is 1230. The average molecular weight is 555 g/mol. The van der Waals surface area contributed by atoms with Crippen LogP contribution >= 0.6 is 11.3 Å². The first-order chi connectivity index (χ1) is 18.7. The Morgan fingerprint density at radius 1 is 1.00 bits per heavy atom. The van der Waals surface area contributed by atoms with Gasteiger partial charge in [0.1, 0.15) is 10.7 Å². The third-order valence-corrected chi connectivity index (χ3v) is 7.14. The molecule has 0 aliphatic rings. The van der Waals surface area contributed by atoms with E-state index < -0.39 is 0 Å². The molecule has 0 aliphatic heterocycles. The fraction of sp³-hybridized carbons (Fsp3) is 0.414. The van der Waals surface area contributed by atoms with Gasteiger partial charge in [-0.25, -0.2) is 9.78 Å². The molecule has 0 saturated heterocycles. The summed E-state index contributed by atoms with van der Waals surface area (Å²) in [7, 11) is 6.55. The lowest BCUT2D eigenvalue weighted by atomic mass is 10.0. The van der Waals surface area contributed by atoms with E-state index in [1.54, 1.807) is 43.6 Å². The van der Waals surface area contributed by atoms with Crippen LogP contribution in [0.15, 0.2) is 47.8 Å². The van der Waals surface area contributed by atoms with Crippen LogP contribution in [0.2, 0.25) is 0 Å². The van der Waals surface area contributed by atoms with Crippen LogP contribution in [0.5, 0.6) is 11.5 Å². The second-order valence-electron chi connectivity index (χ2n) is 9.41. The van der Waals surface area contributed by atoms with E-state index in [4.69, 9.17) is 14.2 Å². The maximum Gasteiger partial charge on any atom is 0.322 e. The Hall–Kier alpha value is -3.63. The summed E-state index contributed by atoms with van der Waals surface area (Å²) in [6.07, 6.45) is 0.655. The van der Waals surface area contributed by atoms with Crippen molar-refractivity contribution < 1.29 is 23.8 Å². The Labute approximate surface area is 234 Å². The Morgan fingerprint density at radius 2 is 1.72 bits per heavy atom. The standard InChI is InChI=1S/C29H38N4O5S/c1-20(2)22-8-10-23(11-9-22)30-29(35)33(15-16-36-4)18-27-31-24(19-39-27)28(34)32(3)14-13-21-7-12-25(37-5)26(17-21)38-6/h7-12,17,19-20H,13-16,18H2,1-6H3,(H,30,35). The van der Waals surface area contributed by atoms with Gasteiger partial charge in [-0.05, 0) is 47.7 Å². The zero-order chi connectivity index (χ0) is 28.4. The molecule has 0 atom stereocenters. The van der Waals surface area contributed by atoms with Gasteiger partial charge in [-0.15, -0.1) is 11.3 Å². The highest BCUT2D eigenvalue weighted by Crippen LogP contribution is 2.28. The van der Waals surface area contributed by atoms with Gasteiger partial charge in [-0.2, -0.15) is 0 Å². The first kappa shape index (κ1) is 29.9. The molecule has 3 rings (SSSR count). The van der Waals surface area contributed by atoms with E-state index in [9.17, 15) is 9.59 Å². The van der Waals surface area contributed by atoms with Crippen molar-refractivity contribution in [3.8, 4) is 11.5 Å². The number of carbonyl (C=O) groups is 2. The third kappa shape index (κ3) is 8.43. The van der Waals surface area contributed by atoms with Crippen molar-refractivity contribution in [2.75, 3.05) is 53.4 Å². The molecule has 0 radical (unpaired) electrons. The zero-order valence-electron chi connectivity index (χ0n) is 23.5. The van der Waals surface area contributed by atoms with Crippen molar-refractivity contribution in [3.05, 3.63) is 69.7 Å². The molecule has 3 aromatic rings. The second kappa shape index (κ2) is 14.5. The highest BCUT2D eigenvalue weighted by Gasteiger charge is 2.20. The van der Waals surface area contributed by atoms with Crippen molar-refractivity contribution in [2.45, 2.75) is 32.7 Å². The molecule has 0 spiro atoms. The molecular weight excluding hydrogens is 516 g/mol. The number of methoxy groups -OCH3 is 3. The molecule has 10 heteroatoms. The number of aromatic nitrogens is 1. The van der Waals surface area contributed by atoms with Crippen LogP contribution < -0.4 is 14.8 Å². The van der Waals surface area contributed by atoms with E-state index in [0.29, 0.717) is 54.2 Å². The minimum atomic E-state index is -0.250. The number of ether oxygens (including phenoxy) is 3. The maximum absolute atomic E-state index is 13.0. The van der Waals surface area contributed by atoms with Crippen molar-refractivity contribution >= 4 is 29.0 Å². The van der Waals surface area contributed by atoms with Crippen LogP contribution in [0, 0.1) is 0 Å². The number of amides is 3. The molecule has 0 saturated carbocycles. The molecule has 9 nitrogen and oxygen atoms in total. The minimum Gasteiger partial charge on any atom is -0.493 e. The molecule has 1 aromatic heterocycles. The van der Waals surface area contributed by atoms with E-state index in [1.807, 2.05) is 42.5 Å². The lowest BCUT2D eigenvalue weighted by Gasteiger charge is -2.22. The molecule has 39 heavy (non-hydrogen) atoms. The van der Waals surface area contributed by atoms with Gasteiger partial charge in [0.15, 0.2) is 11.5 Å². The van der Waals surface area contributed by atoms with Gasteiger partial charge in [0.2, 0.25) is 0 Å². The smallest absolute Gasteiger partial charge is 0.322 e. The van der Waals surface area contributed by atoms with Gasteiger partial charge >= 0.3 is 6.03 Å². The SMILES string of the molecule is COCCN(Cc1nc(C(=O)N(C)CCc2ccc(OC)c(OC)c2)cs1)C(=O)Nc1ccc(C(C)C)cc1. The summed E-state index contributed by atoms with van der Waals surface area (Å²) in [5, 5.41) is 5.36. The molecule has 0 fully saturated rings. The van der Waals surface area contributed by atoms with Gasteiger partial charge in [-0.3, -0.25) is 4.79 Å². The summed E-state index contributed by atoms with van der Waals surface area (Å²) in [6, 6.07) is 13.3. The van der Waals surface area contributed by atoms with Gasteiger partial charge in [-0.1, -0.05) is 32.0 Å². The fourth-order valence-electron chi connectivity index (χ4n) is 3.88. The summed E-state index contributed by atoms with van der Waals surface area (Å²) in [5.74, 6) is 1.57. The van der Waals surface area contributed by atoms with Crippen LogP contribution in [-0.2, 0) is 17.7 Å². The number of likely N-dealkylation sites (N-methyl/N-ethyl adjacent to an activating group) is 1. The molecule has 3 amide bonds. The molecule has 0 unspecified atom stereocenters. The number of hydrogen-bond acceptors (Lipinski definition) is 7. The van der Waals surface area contributed by atoms with Gasteiger partial charge in [0.25, 0.3) is 5.91 Å². The minimum absolute atomic E-state index is 0.170. The number of thiazole rings is 1. The summed E-state index contributed by atoms with van der Waals surface area (Å²) in [4.78, 5) is 33.9. The molecular formula is C29H38N4O5S. The largest absolute Gasteiger partial charge is 0.493 e. The van der Waals surface area contributed by atoms with Crippen molar-refractivity contribution in [2.24, 2.45) is 0 Å². The van der Waals surface area contributed by atoms with Gasteiger partial charge in [0.05, 0.1) is 27.4 Å². The first-order valence-corrected chi connectivity index (χ1v) is 13.7. The van der Waals surface area contributed by atoms with Crippen LogP contribution in [-0.4, -0.2) is 74.8 Å². The second-order valence-corrected chi connectivity index (χ2v) is 10.4.